The van der Waals surface area contributed by atoms with Gasteiger partial charge in [-0.2, -0.15) is 0 Å². The van der Waals surface area contributed by atoms with Crippen LogP contribution in [0.3, 0.4) is 0 Å². The number of rotatable bonds is 5. The Kier molecular flexibility index (Phi) is 4.03. The van der Waals surface area contributed by atoms with Crippen LogP contribution >= 0.6 is 0 Å². The molecule has 18 heavy (non-hydrogen) atoms. The van der Waals surface area contributed by atoms with Crippen LogP contribution < -0.4 is 10.6 Å². The van der Waals surface area contributed by atoms with Crippen molar-refractivity contribution in [2.75, 3.05) is 19.6 Å². The lowest BCUT2D eigenvalue weighted by molar-refractivity contribution is -0.146. The number of amides is 2. The molecule has 0 bridgehead atoms. The Balaban J connectivity index is 1.63. The topological polar surface area (TPSA) is 102 Å². The lowest BCUT2D eigenvalue weighted by Gasteiger charge is -2.16. The van der Waals surface area contributed by atoms with Gasteiger partial charge in [0.25, 0.3) is 0 Å². The number of aliphatic hydroxyl groups is 1. The lowest BCUT2D eigenvalue weighted by atomic mass is 10.3. The van der Waals surface area contributed by atoms with Gasteiger partial charge in [0.1, 0.15) is 0 Å². The molecule has 0 aromatic rings. The number of carbonyl (C=O) groups excluding carboxylic acids is 1. The highest BCUT2D eigenvalue weighted by atomic mass is 16.4. The zero-order valence-corrected chi connectivity index (χ0v) is 10.1. The van der Waals surface area contributed by atoms with Crippen LogP contribution in [0.15, 0.2) is 0 Å². The third-order valence-electron chi connectivity index (χ3n) is 3.36. The molecule has 1 unspecified atom stereocenters. The van der Waals surface area contributed by atoms with Crippen molar-refractivity contribution in [2.45, 2.75) is 37.5 Å². The summed E-state index contributed by atoms with van der Waals surface area (Å²) in [7, 11) is 0. The first-order valence-electron chi connectivity index (χ1n) is 6.25. The van der Waals surface area contributed by atoms with Crippen LogP contribution in [-0.4, -0.2) is 64.9 Å². The second kappa shape index (κ2) is 5.53. The van der Waals surface area contributed by atoms with E-state index in [0.717, 1.165) is 19.5 Å². The Labute approximate surface area is 105 Å². The molecule has 1 aliphatic heterocycles. The molecule has 1 saturated carbocycles. The van der Waals surface area contributed by atoms with Gasteiger partial charge in [-0.3, -0.25) is 4.90 Å². The molecular weight excluding hydrogens is 238 g/mol. The first kappa shape index (κ1) is 13.1. The second-order valence-corrected chi connectivity index (χ2v) is 4.92. The number of likely N-dealkylation sites (tertiary alicyclic amines) is 1. The van der Waals surface area contributed by atoms with E-state index in [-0.39, 0.29) is 12.6 Å². The Morgan fingerprint density at radius 1 is 1.33 bits per heavy atom. The molecule has 4 N–H and O–H groups in total. The molecule has 0 aromatic carbocycles. The minimum absolute atomic E-state index is 0.118. The Bertz CT molecular complexity index is 332. The molecule has 7 heteroatoms. The van der Waals surface area contributed by atoms with E-state index in [1.165, 1.54) is 12.8 Å². The summed E-state index contributed by atoms with van der Waals surface area (Å²) in [4.78, 5) is 24.2. The van der Waals surface area contributed by atoms with Crippen molar-refractivity contribution in [3.05, 3.63) is 0 Å². The van der Waals surface area contributed by atoms with Gasteiger partial charge in [-0.15, -0.1) is 0 Å². The Morgan fingerprint density at radius 2 is 2.06 bits per heavy atom. The van der Waals surface area contributed by atoms with Crippen molar-refractivity contribution in [2.24, 2.45) is 0 Å². The van der Waals surface area contributed by atoms with Crippen molar-refractivity contribution in [3.63, 3.8) is 0 Å². The summed E-state index contributed by atoms with van der Waals surface area (Å²) < 4.78 is 0. The summed E-state index contributed by atoms with van der Waals surface area (Å²) in [5, 5.41) is 22.6. The average Bonchev–Trinajstić information content (AvgIpc) is 3.07. The second-order valence-electron chi connectivity index (χ2n) is 4.92. The number of nitrogens with one attached hydrogen (secondary N) is 2. The molecule has 0 spiro atoms. The van der Waals surface area contributed by atoms with Crippen LogP contribution in [0.4, 0.5) is 4.79 Å². The third-order valence-corrected chi connectivity index (χ3v) is 3.36. The van der Waals surface area contributed by atoms with Gasteiger partial charge >= 0.3 is 12.0 Å². The predicted octanol–water partition coefficient (Wildman–Crippen LogP) is -1.03. The number of carboxylic acid groups (broad SMARTS) is 1. The van der Waals surface area contributed by atoms with E-state index in [2.05, 4.69) is 15.5 Å². The standard InChI is InChI=1S/C11H19N3O4/c15-9(10(16)17)5-12-11(18)13-7-3-4-14(6-7)8-1-2-8/h7-9,15H,1-6H2,(H,16,17)(H2,12,13,18)/t7?,9-/m0/s1. The number of hydrogen-bond acceptors (Lipinski definition) is 4. The van der Waals surface area contributed by atoms with E-state index in [0.29, 0.717) is 6.04 Å². The van der Waals surface area contributed by atoms with Gasteiger partial charge in [-0.1, -0.05) is 0 Å². The summed E-state index contributed by atoms with van der Waals surface area (Å²) in [5.41, 5.74) is 0. The van der Waals surface area contributed by atoms with Crippen molar-refractivity contribution in [1.29, 1.82) is 0 Å². The van der Waals surface area contributed by atoms with Crippen LogP contribution in [0, 0.1) is 0 Å². The molecule has 0 radical (unpaired) electrons. The van der Waals surface area contributed by atoms with Gasteiger partial charge in [0, 0.05) is 25.2 Å². The average molecular weight is 257 g/mol. The van der Waals surface area contributed by atoms with Gasteiger partial charge < -0.3 is 20.8 Å². The molecule has 2 amide bonds. The van der Waals surface area contributed by atoms with E-state index >= 15 is 0 Å². The van der Waals surface area contributed by atoms with Crippen molar-refractivity contribution >= 4 is 12.0 Å². The van der Waals surface area contributed by atoms with E-state index in [1.54, 1.807) is 0 Å². The lowest BCUT2D eigenvalue weighted by Crippen LogP contribution is -2.46. The summed E-state index contributed by atoms with van der Waals surface area (Å²) in [6.07, 6.45) is 1.88. The van der Waals surface area contributed by atoms with E-state index in [1.807, 2.05) is 0 Å². The third kappa shape index (κ3) is 3.58. The zero-order valence-electron chi connectivity index (χ0n) is 10.1. The van der Waals surface area contributed by atoms with Gasteiger partial charge in [0.15, 0.2) is 6.10 Å². The van der Waals surface area contributed by atoms with Crippen molar-refractivity contribution in [3.8, 4) is 0 Å². The first-order valence-corrected chi connectivity index (χ1v) is 6.25. The number of urea groups is 1. The Hall–Kier alpha value is -1.34. The van der Waals surface area contributed by atoms with Gasteiger partial charge in [-0.05, 0) is 19.3 Å². The fourth-order valence-corrected chi connectivity index (χ4v) is 2.19. The Morgan fingerprint density at radius 3 is 2.67 bits per heavy atom. The van der Waals surface area contributed by atoms with E-state index in [9.17, 15) is 9.59 Å². The molecule has 1 aliphatic carbocycles. The van der Waals surface area contributed by atoms with Crippen LogP contribution in [0.25, 0.3) is 0 Å². The highest BCUT2D eigenvalue weighted by molar-refractivity contribution is 5.76. The molecular formula is C11H19N3O4. The van der Waals surface area contributed by atoms with E-state index in [4.69, 9.17) is 10.2 Å². The summed E-state index contributed by atoms with van der Waals surface area (Å²) >= 11 is 0. The molecule has 1 heterocycles. The molecule has 0 aromatic heterocycles. The number of nitrogens with zero attached hydrogens (tertiary/aromatic N) is 1. The summed E-state index contributed by atoms with van der Waals surface area (Å²) in [6.45, 7) is 1.59. The monoisotopic (exact) mass is 257 g/mol. The van der Waals surface area contributed by atoms with Gasteiger partial charge in [0.05, 0.1) is 6.54 Å². The predicted molar refractivity (Wildman–Crippen MR) is 63.2 cm³/mol. The summed E-state index contributed by atoms with van der Waals surface area (Å²) in [5.74, 6) is -1.34. The molecule has 2 rings (SSSR count). The van der Waals surface area contributed by atoms with Crippen LogP contribution in [0.2, 0.25) is 0 Å². The highest BCUT2D eigenvalue weighted by Crippen LogP contribution is 2.29. The molecule has 2 fully saturated rings. The fourth-order valence-electron chi connectivity index (χ4n) is 2.19. The fraction of sp³-hybridized carbons (Fsp3) is 0.818. The van der Waals surface area contributed by atoms with Crippen LogP contribution in [0.1, 0.15) is 19.3 Å². The smallest absolute Gasteiger partial charge is 0.334 e. The number of aliphatic carboxylic acids is 1. The molecule has 102 valence electrons. The minimum atomic E-state index is -1.55. The molecule has 2 aliphatic rings. The van der Waals surface area contributed by atoms with Gasteiger partial charge in [0.2, 0.25) is 0 Å². The van der Waals surface area contributed by atoms with Crippen molar-refractivity contribution < 1.29 is 19.8 Å². The maximum Gasteiger partial charge on any atom is 0.334 e. The molecule has 7 nitrogen and oxygen atoms in total. The van der Waals surface area contributed by atoms with Crippen LogP contribution in [0.5, 0.6) is 0 Å². The van der Waals surface area contributed by atoms with Crippen molar-refractivity contribution in [1.82, 2.24) is 15.5 Å². The number of carboxylic acids is 1. The number of aliphatic hydroxyl groups excluding tert-OH is 1. The molecule has 2 atom stereocenters. The first-order chi connectivity index (χ1) is 8.56. The normalized spacial score (nSPS) is 25.7. The largest absolute Gasteiger partial charge is 0.479 e. The summed E-state index contributed by atoms with van der Waals surface area (Å²) in [6, 6.07) is 0.402. The SMILES string of the molecule is O=C(NC[C@H](O)C(=O)O)NC1CCN(C2CC2)C1. The molecule has 1 saturated heterocycles. The number of carbonyl (C=O) groups is 2. The van der Waals surface area contributed by atoms with Gasteiger partial charge in [-0.25, -0.2) is 9.59 Å². The minimum Gasteiger partial charge on any atom is -0.479 e. The number of hydrogen-bond donors (Lipinski definition) is 4. The maximum atomic E-state index is 11.5. The zero-order chi connectivity index (χ0) is 13.1. The highest BCUT2D eigenvalue weighted by Gasteiger charge is 2.34. The maximum absolute atomic E-state index is 11.5. The van der Waals surface area contributed by atoms with E-state index < -0.39 is 18.1 Å². The van der Waals surface area contributed by atoms with Crippen LogP contribution in [-0.2, 0) is 4.79 Å². The quantitative estimate of drug-likeness (QED) is 0.504.